The molecule has 0 fully saturated rings. The second-order valence-corrected chi connectivity index (χ2v) is 4.85. The van der Waals surface area contributed by atoms with Crippen LogP contribution in [0.5, 0.6) is 0 Å². The summed E-state index contributed by atoms with van der Waals surface area (Å²) in [5.41, 5.74) is 13.5. The molecule has 4 heteroatoms. The lowest BCUT2D eigenvalue weighted by atomic mass is 9.93. The van der Waals surface area contributed by atoms with Crippen LogP contribution in [0.15, 0.2) is 24.3 Å². The maximum absolute atomic E-state index is 11.0. The summed E-state index contributed by atoms with van der Waals surface area (Å²) in [7, 11) is 0. The van der Waals surface area contributed by atoms with Crippen molar-refractivity contribution in [2.75, 3.05) is 18.0 Å². The van der Waals surface area contributed by atoms with E-state index in [0.717, 1.165) is 13.0 Å². The molecule has 0 spiro atoms. The maximum Gasteiger partial charge on any atom is 0.236 e. The van der Waals surface area contributed by atoms with Crippen molar-refractivity contribution in [1.82, 2.24) is 0 Å². The van der Waals surface area contributed by atoms with Gasteiger partial charge in [-0.2, -0.15) is 0 Å². The van der Waals surface area contributed by atoms with Gasteiger partial charge in [0.1, 0.15) is 6.04 Å². The Balaban J connectivity index is 2.21. The van der Waals surface area contributed by atoms with Crippen molar-refractivity contribution < 1.29 is 4.79 Å². The van der Waals surface area contributed by atoms with E-state index in [-0.39, 0.29) is 0 Å². The smallest absolute Gasteiger partial charge is 0.236 e. The Morgan fingerprint density at radius 3 is 2.94 bits per heavy atom. The lowest BCUT2D eigenvalue weighted by Gasteiger charge is -2.35. The summed E-state index contributed by atoms with van der Waals surface area (Å²) in [5, 5.41) is 0. The highest BCUT2D eigenvalue weighted by atomic mass is 16.1. The molecule has 0 bridgehead atoms. The molecule has 0 saturated heterocycles. The van der Waals surface area contributed by atoms with E-state index < -0.39 is 11.9 Å². The summed E-state index contributed by atoms with van der Waals surface area (Å²) in [6.45, 7) is 3.63. The summed E-state index contributed by atoms with van der Waals surface area (Å²) in [6, 6.07) is 7.66. The number of rotatable bonds is 3. The van der Waals surface area contributed by atoms with Gasteiger partial charge in [-0.1, -0.05) is 25.1 Å². The highest BCUT2D eigenvalue weighted by Gasteiger charge is 2.23. The first-order chi connectivity index (χ1) is 8.08. The minimum atomic E-state index is -0.603. The molecule has 1 amide bonds. The minimum Gasteiger partial charge on any atom is -0.369 e. The van der Waals surface area contributed by atoms with E-state index in [9.17, 15) is 4.79 Å². The molecule has 0 saturated carbocycles. The average molecular weight is 233 g/mol. The third-order valence-electron chi connectivity index (χ3n) is 3.22. The zero-order valence-corrected chi connectivity index (χ0v) is 10.1. The van der Waals surface area contributed by atoms with E-state index in [1.165, 1.54) is 11.3 Å². The Bertz CT molecular complexity index is 419. The Hall–Kier alpha value is -1.55. The molecule has 1 aliphatic heterocycles. The number of anilines is 1. The zero-order valence-electron chi connectivity index (χ0n) is 10.1. The van der Waals surface area contributed by atoms with Crippen LogP contribution >= 0.6 is 0 Å². The van der Waals surface area contributed by atoms with Crippen molar-refractivity contribution in [3.8, 4) is 0 Å². The lowest BCUT2D eigenvalue weighted by molar-refractivity contribution is -0.119. The molecule has 0 aliphatic carbocycles. The predicted octanol–water partition coefficient (Wildman–Crippen LogP) is 0.498. The molecule has 4 N–H and O–H groups in total. The number of benzene rings is 1. The van der Waals surface area contributed by atoms with Crippen molar-refractivity contribution >= 4 is 11.6 Å². The van der Waals surface area contributed by atoms with Gasteiger partial charge in [-0.3, -0.25) is 4.79 Å². The molecule has 1 heterocycles. The van der Waals surface area contributed by atoms with Crippen LogP contribution in [-0.2, 0) is 11.2 Å². The Kier molecular flexibility index (Phi) is 3.33. The van der Waals surface area contributed by atoms with Crippen LogP contribution in [0.25, 0.3) is 0 Å². The number of fused-ring (bicyclic) bond motifs is 1. The van der Waals surface area contributed by atoms with Crippen LogP contribution in [0, 0.1) is 5.92 Å². The van der Waals surface area contributed by atoms with Crippen LogP contribution < -0.4 is 16.4 Å². The van der Waals surface area contributed by atoms with Crippen LogP contribution in [0.3, 0.4) is 0 Å². The van der Waals surface area contributed by atoms with Gasteiger partial charge < -0.3 is 16.4 Å². The molecule has 2 unspecified atom stereocenters. The molecule has 92 valence electrons. The molecule has 2 rings (SSSR count). The fourth-order valence-electron chi connectivity index (χ4n) is 2.41. The first-order valence-corrected chi connectivity index (χ1v) is 5.95. The number of hydrogen-bond acceptors (Lipinski definition) is 3. The van der Waals surface area contributed by atoms with Crippen LogP contribution in [0.1, 0.15) is 12.5 Å². The summed E-state index contributed by atoms with van der Waals surface area (Å²) in [5.74, 6) is 0.130. The van der Waals surface area contributed by atoms with Gasteiger partial charge in [-0.15, -0.1) is 0 Å². The number of carbonyl (C=O) groups excluding carboxylic acids is 1. The van der Waals surface area contributed by atoms with E-state index >= 15 is 0 Å². The quantitative estimate of drug-likeness (QED) is 0.798. The molecule has 1 aromatic rings. The van der Waals surface area contributed by atoms with Crippen molar-refractivity contribution in [1.29, 1.82) is 0 Å². The number of carbonyl (C=O) groups is 1. The second kappa shape index (κ2) is 4.75. The van der Waals surface area contributed by atoms with E-state index in [2.05, 4.69) is 24.0 Å². The minimum absolute atomic E-state index is 0.444. The number of para-hydroxylation sites is 1. The van der Waals surface area contributed by atoms with Crippen molar-refractivity contribution in [2.45, 2.75) is 19.4 Å². The third kappa shape index (κ3) is 2.58. The number of hydrogen-bond donors (Lipinski definition) is 2. The van der Waals surface area contributed by atoms with Gasteiger partial charge in [-0.05, 0) is 24.0 Å². The first-order valence-electron chi connectivity index (χ1n) is 5.95. The van der Waals surface area contributed by atoms with Gasteiger partial charge >= 0.3 is 0 Å². The Morgan fingerprint density at radius 2 is 2.24 bits per heavy atom. The van der Waals surface area contributed by atoms with E-state index in [1.54, 1.807) is 0 Å². The Morgan fingerprint density at radius 1 is 1.53 bits per heavy atom. The molecule has 0 aromatic heterocycles. The zero-order chi connectivity index (χ0) is 12.4. The third-order valence-corrected chi connectivity index (χ3v) is 3.22. The number of primary amides is 1. The molecule has 1 aliphatic rings. The molecule has 2 atom stereocenters. The maximum atomic E-state index is 11.0. The SMILES string of the molecule is CC1Cc2ccccc2N(CC(N)C(N)=O)C1. The summed E-state index contributed by atoms with van der Waals surface area (Å²) >= 11 is 0. The summed E-state index contributed by atoms with van der Waals surface area (Å²) < 4.78 is 0. The van der Waals surface area contributed by atoms with Crippen molar-refractivity contribution in [3.05, 3.63) is 29.8 Å². The molecule has 0 radical (unpaired) electrons. The normalized spacial score (nSPS) is 20.8. The molecule has 17 heavy (non-hydrogen) atoms. The highest BCUT2D eigenvalue weighted by Crippen LogP contribution is 2.29. The molecule has 1 aromatic carbocycles. The van der Waals surface area contributed by atoms with Crippen LogP contribution in [0.2, 0.25) is 0 Å². The number of nitrogens with two attached hydrogens (primary N) is 2. The molecular formula is C13H19N3O. The number of nitrogens with zero attached hydrogens (tertiary/aromatic N) is 1. The van der Waals surface area contributed by atoms with Gasteiger partial charge in [0.2, 0.25) is 5.91 Å². The van der Waals surface area contributed by atoms with E-state index in [4.69, 9.17) is 11.5 Å². The topological polar surface area (TPSA) is 72.3 Å². The first kappa shape index (κ1) is 11.9. The second-order valence-electron chi connectivity index (χ2n) is 4.85. The van der Waals surface area contributed by atoms with Crippen LogP contribution in [-0.4, -0.2) is 25.0 Å². The largest absolute Gasteiger partial charge is 0.369 e. The predicted molar refractivity (Wildman–Crippen MR) is 68.7 cm³/mol. The highest BCUT2D eigenvalue weighted by molar-refractivity contribution is 5.80. The van der Waals surface area contributed by atoms with Gasteiger partial charge in [0.05, 0.1) is 0 Å². The molecule has 4 nitrogen and oxygen atoms in total. The summed E-state index contributed by atoms with van der Waals surface area (Å²) in [6.07, 6.45) is 1.08. The van der Waals surface area contributed by atoms with Crippen LogP contribution in [0.4, 0.5) is 5.69 Å². The summed E-state index contributed by atoms with van der Waals surface area (Å²) in [4.78, 5) is 13.2. The average Bonchev–Trinajstić information content (AvgIpc) is 2.28. The van der Waals surface area contributed by atoms with Gasteiger partial charge in [0.25, 0.3) is 0 Å². The lowest BCUT2D eigenvalue weighted by Crippen LogP contribution is -2.48. The van der Waals surface area contributed by atoms with Gasteiger partial charge in [0, 0.05) is 18.8 Å². The fraction of sp³-hybridized carbons (Fsp3) is 0.462. The standard InChI is InChI=1S/C13H19N3O/c1-9-6-10-4-2-3-5-12(10)16(7-9)8-11(14)13(15)17/h2-5,9,11H,6-8,14H2,1H3,(H2,15,17). The molecular weight excluding hydrogens is 214 g/mol. The van der Waals surface area contributed by atoms with E-state index in [0.29, 0.717) is 12.5 Å². The fourth-order valence-corrected chi connectivity index (χ4v) is 2.41. The van der Waals surface area contributed by atoms with E-state index in [1.807, 2.05) is 12.1 Å². The monoisotopic (exact) mass is 233 g/mol. The number of amides is 1. The Labute approximate surface area is 102 Å². The van der Waals surface area contributed by atoms with Crippen molar-refractivity contribution in [2.24, 2.45) is 17.4 Å². The van der Waals surface area contributed by atoms with Crippen molar-refractivity contribution in [3.63, 3.8) is 0 Å². The van der Waals surface area contributed by atoms with Gasteiger partial charge in [-0.25, -0.2) is 0 Å². The van der Waals surface area contributed by atoms with Gasteiger partial charge in [0.15, 0.2) is 0 Å².